The summed E-state index contributed by atoms with van der Waals surface area (Å²) in [5, 5.41) is 8.94. The standard InChI is InChI=1S/C20H20FN5OS.ClH/c1-2-23-19(27)26-20-25-17-16(21)13(12-6-9-22-10-7-12)11-14(18(17)28-20)15-5-3-4-8-24-15;/h3-6,8,11,22H,2,7,9-10H2,1H3,(H2,23,25,26,27);1H. The number of benzene rings is 1. The molecule has 1 aliphatic heterocycles. The third-order valence-electron chi connectivity index (χ3n) is 4.51. The molecule has 0 atom stereocenters. The Labute approximate surface area is 178 Å². The van der Waals surface area contributed by atoms with Crippen LogP contribution in [0.25, 0.3) is 27.0 Å². The predicted octanol–water partition coefficient (Wildman–Crippen LogP) is 4.44. The van der Waals surface area contributed by atoms with Crippen molar-refractivity contribution in [3.8, 4) is 11.3 Å². The van der Waals surface area contributed by atoms with Gasteiger partial charge in [0.2, 0.25) is 0 Å². The zero-order valence-electron chi connectivity index (χ0n) is 15.8. The van der Waals surface area contributed by atoms with E-state index in [4.69, 9.17) is 0 Å². The number of rotatable bonds is 4. The van der Waals surface area contributed by atoms with Crippen LogP contribution in [0.5, 0.6) is 0 Å². The van der Waals surface area contributed by atoms with E-state index >= 15 is 4.39 Å². The first-order valence-corrected chi connectivity index (χ1v) is 9.98. The number of anilines is 1. The molecular weight excluding hydrogens is 413 g/mol. The third kappa shape index (κ3) is 4.39. The average Bonchev–Trinajstić information content (AvgIpc) is 3.14. The number of fused-ring (bicyclic) bond motifs is 1. The van der Waals surface area contributed by atoms with Crippen LogP contribution in [0.4, 0.5) is 14.3 Å². The van der Waals surface area contributed by atoms with Crippen LogP contribution in [-0.2, 0) is 0 Å². The monoisotopic (exact) mass is 433 g/mol. The van der Waals surface area contributed by atoms with Crippen molar-refractivity contribution < 1.29 is 9.18 Å². The molecule has 0 aliphatic carbocycles. The highest BCUT2D eigenvalue weighted by atomic mass is 35.5. The molecule has 3 aromatic rings. The highest BCUT2D eigenvalue weighted by Crippen LogP contribution is 2.39. The molecular formula is C20H21ClFN5OS. The Hall–Kier alpha value is -2.55. The molecule has 3 heterocycles. The van der Waals surface area contributed by atoms with Gasteiger partial charge in [0.1, 0.15) is 5.52 Å². The predicted molar refractivity (Wildman–Crippen MR) is 118 cm³/mol. The van der Waals surface area contributed by atoms with Gasteiger partial charge in [0.05, 0.1) is 10.4 Å². The molecule has 6 nitrogen and oxygen atoms in total. The number of nitrogens with one attached hydrogen (secondary N) is 3. The molecule has 9 heteroatoms. The summed E-state index contributed by atoms with van der Waals surface area (Å²) in [6.45, 7) is 3.85. The van der Waals surface area contributed by atoms with Gasteiger partial charge in [-0.05, 0) is 43.7 Å². The van der Waals surface area contributed by atoms with E-state index in [0.29, 0.717) is 28.5 Å². The summed E-state index contributed by atoms with van der Waals surface area (Å²) >= 11 is 1.25. The number of aromatic nitrogens is 2. The van der Waals surface area contributed by atoms with E-state index < -0.39 is 0 Å². The first-order chi connectivity index (χ1) is 13.7. The largest absolute Gasteiger partial charge is 0.338 e. The van der Waals surface area contributed by atoms with Crippen molar-refractivity contribution >= 4 is 50.7 Å². The Morgan fingerprint density at radius 2 is 2.21 bits per heavy atom. The van der Waals surface area contributed by atoms with E-state index in [2.05, 4.69) is 25.9 Å². The molecule has 0 fully saturated rings. The fourth-order valence-electron chi connectivity index (χ4n) is 3.22. The minimum Gasteiger partial charge on any atom is -0.338 e. The van der Waals surface area contributed by atoms with Crippen LogP contribution in [0.2, 0.25) is 0 Å². The van der Waals surface area contributed by atoms with Crippen LogP contribution in [0.15, 0.2) is 36.5 Å². The van der Waals surface area contributed by atoms with E-state index in [-0.39, 0.29) is 29.8 Å². The second-order valence-corrected chi connectivity index (χ2v) is 7.36. The fourth-order valence-corrected chi connectivity index (χ4v) is 4.20. The normalized spacial score (nSPS) is 13.5. The number of amides is 2. The van der Waals surface area contributed by atoms with Crippen LogP contribution in [0.1, 0.15) is 18.9 Å². The van der Waals surface area contributed by atoms with Crippen LogP contribution in [0, 0.1) is 5.82 Å². The Bertz CT molecular complexity index is 1050. The van der Waals surface area contributed by atoms with Gasteiger partial charge in [-0.3, -0.25) is 10.3 Å². The Morgan fingerprint density at radius 1 is 1.34 bits per heavy atom. The van der Waals surface area contributed by atoms with Crippen LogP contribution >= 0.6 is 23.7 Å². The summed E-state index contributed by atoms with van der Waals surface area (Å²) in [5.41, 5.74) is 3.32. The van der Waals surface area contributed by atoms with Gasteiger partial charge in [0.25, 0.3) is 0 Å². The van der Waals surface area contributed by atoms with Crippen molar-refractivity contribution in [1.29, 1.82) is 0 Å². The molecule has 1 aromatic carbocycles. The van der Waals surface area contributed by atoms with Crippen molar-refractivity contribution in [2.75, 3.05) is 25.0 Å². The molecule has 152 valence electrons. The van der Waals surface area contributed by atoms with Crippen LogP contribution in [-0.4, -0.2) is 35.6 Å². The first-order valence-electron chi connectivity index (χ1n) is 9.16. The summed E-state index contributed by atoms with van der Waals surface area (Å²) in [5.74, 6) is -0.358. The lowest BCUT2D eigenvalue weighted by Crippen LogP contribution is -2.28. The van der Waals surface area contributed by atoms with Gasteiger partial charge in [-0.25, -0.2) is 14.2 Å². The Balaban J connectivity index is 0.00000240. The van der Waals surface area contributed by atoms with E-state index in [1.165, 1.54) is 11.3 Å². The molecule has 0 unspecified atom stereocenters. The summed E-state index contributed by atoms with van der Waals surface area (Å²) < 4.78 is 16.1. The molecule has 2 amide bonds. The molecule has 0 bridgehead atoms. The highest BCUT2D eigenvalue weighted by molar-refractivity contribution is 7.22. The summed E-state index contributed by atoms with van der Waals surface area (Å²) in [7, 11) is 0. The quantitative estimate of drug-likeness (QED) is 0.568. The van der Waals surface area contributed by atoms with Crippen molar-refractivity contribution in [2.24, 2.45) is 0 Å². The van der Waals surface area contributed by atoms with Gasteiger partial charge in [-0.2, -0.15) is 0 Å². The average molecular weight is 434 g/mol. The number of hydrogen-bond acceptors (Lipinski definition) is 5. The first kappa shape index (κ1) is 21.2. The molecule has 0 saturated heterocycles. The summed E-state index contributed by atoms with van der Waals surface area (Å²) in [4.78, 5) is 20.7. The maximum atomic E-state index is 15.4. The second-order valence-electron chi connectivity index (χ2n) is 6.37. The van der Waals surface area contributed by atoms with Crippen LogP contribution in [0.3, 0.4) is 0 Å². The number of carbonyl (C=O) groups excluding carboxylic acids is 1. The zero-order chi connectivity index (χ0) is 19.5. The number of nitrogens with zero attached hydrogens (tertiary/aromatic N) is 2. The number of pyridine rings is 1. The van der Waals surface area contributed by atoms with Gasteiger partial charge >= 0.3 is 6.03 Å². The number of thiazole rings is 1. The van der Waals surface area contributed by atoms with Gasteiger partial charge in [-0.15, -0.1) is 12.4 Å². The Morgan fingerprint density at radius 3 is 2.90 bits per heavy atom. The minimum absolute atomic E-state index is 0. The summed E-state index contributed by atoms with van der Waals surface area (Å²) in [6, 6.07) is 7.13. The minimum atomic E-state index is -0.359. The molecule has 0 radical (unpaired) electrons. The molecule has 0 saturated carbocycles. The van der Waals surface area contributed by atoms with E-state index in [9.17, 15) is 4.79 Å². The third-order valence-corrected chi connectivity index (χ3v) is 5.52. The fraction of sp³-hybridized carbons (Fsp3) is 0.250. The topological polar surface area (TPSA) is 78.9 Å². The summed E-state index contributed by atoms with van der Waals surface area (Å²) in [6.07, 6.45) is 4.47. The lowest BCUT2D eigenvalue weighted by molar-refractivity contribution is 0.252. The molecule has 29 heavy (non-hydrogen) atoms. The number of carbonyl (C=O) groups is 1. The highest BCUT2D eigenvalue weighted by Gasteiger charge is 2.21. The van der Waals surface area contributed by atoms with Gasteiger partial charge in [0, 0.05) is 30.4 Å². The zero-order valence-corrected chi connectivity index (χ0v) is 17.4. The lowest BCUT2D eigenvalue weighted by atomic mass is 9.96. The molecule has 0 spiro atoms. The van der Waals surface area contributed by atoms with Crippen molar-refractivity contribution in [2.45, 2.75) is 13.3 Å². The molecule has 2 aromatic heterocycles. The second kappa shape index (κ2) is 9.30. The van der Waals surface area contributed by atoms with Crippen molar-refractivity contribution in [3.63, 3.8) is 0 Å². The van der Waals surface area contributed by atoms with Crippen LogP contribution < -0.4 is 16.0 Å². The number of urea groups is 1. The maximum absolute atomic E-state index is 15.4. The van der Waals surface area contributed by atoms with Crippen molar-refractivity contribution in [3.05, 3.63) is 47.9 Å². The molecule has 1 aliphatic rings. The van der Waals surface area contributed by atoms with Gasteiger partial charge in [-0.1, -0.05) is 23.5 Å². The molecule has 4 rings (SSSR count). The van der Waals surface area contributed by atoms with E-state index in [0.717, 1.165) is 29.8 Å². The van der Waals surface area contributed by atoms with E-state index in [1.807, 2.05) is 37.3 Å². The maximum Gasteiger partial charge on any atom is 0.321 e. The van der Waals surface area contributed by atoms with Crippen molar-refractivity contribution in [1.82, 2.24) is 20.6 Å². The lowest BCUT2D eigenvalue weighted by Gasteiger charge is -2.16. The number of hydrogen-bond donors (Lipinski definition) is 3. The SMILES string of the molecule is CCNC(=O)Nc1nc2c(F)c(C3=CCNCC3)cc(-c3ccccn3)c2s1.Cl. The van der Waals surface area contributed by atoms with Gasteiger partial charge < -0.3 is 10.6 Å². The van der Waals surface area contributed by atoms with Gasteiger partial charge in [0.15, 0.2) is 10.9 Å². The Kier molecular flexibility index (Phi) is 6.79. The van der Waals surface area contributed by atoms with E-state index in [1.54, 1.807) is 6.20 Å². The smallest absolute Gasteiger partial charge is 0.321 e. The molecule has 3 N–H and O–H groups in total. The number of halogens is 2.